The number of piperazine rings is 1. The summed E-state index contributed by atoms with van der Waals surface area (Å²) in [7, 11) is 0. The lowest BCUT2D eigenvalue weighted by Gasteiger charge is -2.42. The van der Waals surface area contributed by atoms with Crippen LogP contribution in [-0.2, 0) is 0 Å². The highest BCUT2D eigenvalue weighted by molar-refractivity contribution is 9.10. The molecule has 2 nitrogen and oxygen atoms in total. The van der Waals surface area contributed by atoms with E-state index < -0.39 is 0 Å². The molecule has 0 bridgehead atoms. The summed E-state index contributed by atoms with van der Waals surface area (Å²) < 4.78 is 14.7. The first-order chi connectivity index (χ1) is 8.06. The Kier molecular flexibility index (Phi) is 3.73. The number of para-hydroxylation sites is 1. The van der Waals surface area contributed by atoms with Gasteiger partial charge in [-0.15, -0.1) is 0 Å². The molecule has 4 heteroatoms. The van der Waals surface area contributed by atoms with Crippen molar-refractivity contribution in [2.75, 3.05) is 24.5 Å². The van der Waals surface area contributed by atoms with Crippen LogP contribution in [-0.4, -0.2) is 25.2 Å². The van der Waals surface area contributed by atoms with E-state index in [0.29, 0.717) is 5.69 Å². The molecular weight excluding hydrogens is 283 g/mol. The molecule has 1 aliphatic rings. The van der Waals surface area contributed by atoms with E-state index in [4.69, 9.17) is 0 Å². The van der Waals surface area contributed by atoms with Crippen molar-refractivity contribution in [3.8, 4) is 0 Å². The van der Waals surface area contributed by atoms with Crippen LogP contribution in [0.25, 0.3) is 0 Å². The number of hydrogen-bond donors (Lipinski definition) is 1. The summed E-state index contributed by atoms with van der Waals surface area (Å²) in [5.41, 5.74) is 0.758. The molecule has 1 fully saturated rings. The van der Waals surface area contributed by atoms with E-state index in [1.54, 1.807) is 6.07 Å². The van der Waals surface area contributed by atoms with Gasteiger partial charge in [-0.1, -0.05) is 13.0 Å². The molecule has 1 atom stereocenters. The van der Waals surface area contributed by atoms with Gasteiger partial charge in [0, 0.05) is 29.6 Å². The minimum atomic E-state index is -0.153. The standard InChI is InChI=1S/C13H18BrFN2/c1-3-13(2)9-17(8-7-16-13)12-10(14)5-4-6-11(12)15/h4-6,16H,3,7-9H2,1-2H3. The fourth-order valence-electron chi connectivity index (χ4n) is 2.27. The second-order valence-corrected chi connectivity index (χ2v) is 5.69. The molecule has 94 valence electrons. The van der Waals surface area contributed by atoms with E-state index in [-0.39, 0.29) is 11.4 Å². The maximum atomic E-state index is 13.9. The first-order valence-electron chi connectivity index (χ1n) is 6.00. The zero-order valence-electron chi connectivity index (χ0n) is 10.3. The van der Waals surface area contributed by atoms with Crippen molar-refractivity contribution < 1.29 is 4.39 Å². The predicted molar refractivity (Wildman–Crippen MR) is 73.0 cm³/mol. The van der Waals surface area contributed by atoms with Gasteiger partial charge >= 0.3 is 0 Å². The highest BCUT2D eigenvalue weighted by Gasteiger charge is 2.30. The molecule has 1 aromatic carbocycles. The zero-order chi connectivity index (χ0) is 12.5. The second-order valence-electron chi connectivity index (χ2n) is 4.83. The monoisotopic (exact) mass is 300 g/mol. The van der Waals surface area contributed by atoms with Crippen molar-refractivity contribution >= 4 is 21.6 Å². The van der Waals surface area contributed by atoms with E-state index in [2.05, 4.69) is 40.0 Å². The second kappa shape index (κ2) is 4.94. The van der Waals surface area contributed by atoms with Gasteiger partial charge in [-0.25, -0.2) is 4.39 Å². The Hall–Kier alpha value is -0.610. The van der Waals surface area contributed by atoms with Crippen LogP contribution in [0.15, 0.2) is 22.7 Å². The van der Waals surface area contributed by atoms with E-state index in [9.17, 15) is 4.39 Å². The van der Waals surface area contributed by atoms with Crippen LogP contribution in [0.1, 0.15) is 20.3 Å². The van der Waals surface area contributed by atoms with Crippen LogP contribution >= 0.6 is 15.9 Å². The zero-order valence-corrected chi connectivity index (χ0v) is 11.8. The van der Waals surface area contributed by atoms with E-state index in [1.165, 1.54) is 6.07 Å². The Balaban J connectivity index is 2.28. The van der Waals surface area contributed by atoms with Gasteiger partial charge < -0.3 is 10.2 Å². The fourth-order valence-corrected chi connectivity index (χ4v) is 2.86. The lowest BCUT2D eigenvalue weighted by Crippen LogP contribution is -2.58. The average molecular weight is 301 g/mol. The van der Waals surface area contributed by atoms with Crippen LogP contribution in [0.2, 0.25) is 0 Å². The van der Waals surface area contributed by atoms with Gasteiger partial charge in [0.05, 0.1) is 5.69 Å². The number of anilines is 1. The highest BCUT2D eigenvalue weighted by Crippen LogP contribution is 2.31. The number of nitrogens with one attached hydrogen (secondary N) is 1. The molecular formula is C13H18BrFN2. The number of halogens is 2. The number of hydrogen-bond acceptors (Lipinski definition) is 2. The average Bonchev–Trinajstić information content (AvgIpc) is 2.29. The van der Waals surface area contributed by atoms with Crippen molar-refractivity contribution in [3.05, 3.63) is 28.5 Å². The summed E-state index contributed by atoms with van der Waals surface area (Å²) >= 11 is 3.44. The Morgan fingerprint density at radius 3 is 2.94 bits per heavy atom. The van der Waals surface area contributed by atoms with E-state index in [1.807, 2.05) is 6.07 Å². The van der Waals surface area contributed by atoms with Crippen LogP contribution < -0.4 is 10.2 Å². The van der Waals surface area contributed by atoms with Crippen LogP contribution in [0.4, 0.5) is 10.1 Å². The number of nitrogens with zero attached hydrogens (tertiary/aromatic N) is 1. The topological polar surface area (TPSA) is 15.3 Å². The maximum absolute atomic E-state index is 13.9. The van der Waals surface area contributed by atoms with Crippen molar-refractivity contribution in [2.45, 2.75) is 25.8 Å². The Morgan fingerprint density at radius 1 is 1.53 bits per heavy atom. The van der Waals surface area contributed by atoms with Gasteiger partial charge in [0.15, 0.2) is 0 Å². The predicted octanol–water partition coefficient (Wildman–Crippen LogP) is 3.17. The molecule has 17 heavy (non-hydrogen) atoms. The van der Waals surface area contributed by atoms with Gasteiger partial charge in [-0.05, 0) is 41.4 Å². The summed E-state index contributed by atoms with van der Waals surface area (Å²) in [6, 6.07) is 5.14. The lowest BCUT2D eigenvalue weighted by molar-refractivity contribution is 0.312. The van der Waals surface area contributed by atoms with Crippen LogP contribution in [0.3, 0.4) is 0 Å². The minimum absolute atomic E-state index is 0.0694. The molecule has 1 unspecified atom stereocenters. The van der Waals surface area contributed by atoms with Gasteiger partial charge in [0.2, 0.25) is 0 Å². The third-order valence-corrected chi connectivity index (χ3v) is 4.15. The van der Waals surface area contributed by atoms with Crippen molar-refractivity contribution in [1.29, 1.82) is 0 Å². The largest absolute Gasteiger partial charge is 0.365 e. The van der Waals surface area contributed by atoms with Crippen molar-refractivity contribution in [1.82, 2.24) is 5.32 Å². The lowest BCUT2D eigenvalue weighted by atomic mass is 9.95. The Morgan fingerprint density at radius 2 is 2.29 bits per heavy atom. The van der Waals surface area contributed by atoms with Crippen molar-refractivity contribution in [2.24, 2.45) is 0 Å². The smallest absolute Gasteiger partial charge is 0.147 e. The first-order valence-corrected chi connectivity index (χ1v) is 6.79. The number of benzene rings is 1. The quantitative estimate of drug-likeness (QED) is 0.902. The van der Waals surface area contributed by atoms with Crippen LogP contribution in [0, 0.1) is 5.82 Å². The SMILES string of the molecule is CCC1(C)CN(c2c(F)cccc2Br)CCN1. The third kappa shape index (κ3) is 2.63. The minimum Gasteiger partial charge on any atom is -0.365 e. The van der Waals surface area contributed by atoms with Gasteiger partial charge in [0.25, 0.3) is 0 Å². The molecule has 1 saturated heterocycles. The Labute approximate surface area is 110 Å². The molecule has 1 N–H and O–H groups in total. The summed E-state index contributed by atoms with van der Waals surface area (Å²) in [6.45, 7) is 6.92. The molecule has 0 spiro atoms. The molecule has 1 aliphatic heterocycles. The molecule has 0 amide bonds. The van der Waals surface area contributed by atoms with Gasteiger partial charge in [-0.2, -0.15) is 0 Å². The summed E-state index contributed by atoms with van der Waals surface area (Å²) in [6.07, 6.45) is 1.04. The molecule has 0 aliphatic carbocycles. The molecule has 1 aromatic rings. The molecule has 0 radical (unpaired) electrons. The highest BCUT2D eigenvalue weighted by atomic mass is 79.9. The van der Waals surface area contributed by atoms with Crippen molar-refractivity contribution in [3.63, 3.8) is 0 Å². The summed E-state index contributed by atoms with van der Waals surface area (Å²) in [5, 5.41) is 3.50. The number of rotatable bonds is 2. The van der Waals surface area contributed by atoms with E-state index >= 15 is 0 Å². The third-order valence-electron chi connectivity index (χ3n) is 3.51. The normalized spacial score (nSPS) is 25.1. The first kappa shape index (κ1) is 12.8. The Bertz CT molecular complexity index is 390. The summed E-state index contributed by atoms with van der Waals surface area (Å²) in [4.78, 5) is 2.12. The fraction of sp³-hybridized carbons (Fsp3) is 0.538. The molecule has 1 heterocycles. The molecule has 0 saturated carbocycles. The summed E-state index contributed by atoms with van der Waals surface area (Å²) in [5.74, 6) is -0.153. The van der Waals surface area contributed by atoms with Gasteiger partial charge in [0.1, 0.15) is 5.82 Å². The molecule has 0 aromatic heterocycles. The molecule has 2 rings (SSSR count). The maximum Gasteiger partial charge on any atom is 0.147 e. The van der Waals surface area contributed by atoms with Gasteiger partial charge in [-0.3, -0.25) is 0 Å². The van der Waals surface area contributed by atoms with E-state index in [0.717, 1.165) is 30.5 Å². The van der Waals surface area contributed by atoms with Crippen LogP contribution in [0.5, 0.6) is 0 Å².